The number of aromatic nitrogens is 5. The van der Waals surface area contributed by atoms with Gasteiger partial charge >= 0.3 is 0 Å². The average molecular weight is 282 g/mol. The lowest BCUT2D eigenvalue weighted by atomic mass is 10.1. The zero-order valence-electron chi connectivity index (χ0n) is 11.4. The zero-order valence-corrected chi connectivity index (χ0v) is 11.4. The van der Waals surface area contributed by atoms with Gasteiger partial charge in [0.1, 0.15) is 18.2 Å². The van der Waals surface area contributed by atoms with Gasteiger partial charge in [-0.15, -0.1) is 0 Å². The van der Waals surface area contributed by atoms with E-state index in [1.54, 1.807) is 6.20 Å². The molecule has 1 amide bonds. The van der Waals surface area contributed by atoms with Crippen molar-refractivity contribution >= 4 is 5.91 Å². The smallest absolute Gasteiger partial charge is 0.289 e. The van der Waals surface area contributed by atoms with Gasteiger partial charge < -0.3 is 9.88 Å². The predicted molar refractivity (Wildman–Crippen MR) is 75.3 cm³/mol. The Balaban J connectivity index is 1.94. The van der Waals surface area contributed by atoms with Gasteiger partial charge in [-0.3, -0.25) is 9.89 Å². The summed E-state index contributed by atoms with van der Waals surface area (Å²) in [4.78, 5) is 20.4. The molecule has 3 rings (SSSR count). The molecule has 0 aliphatic carbocycles. The molecule has 3 aromatic rings. The normalized spacial score (nSPS) is 12.0. The van der Waals surface area contributed by atoms with Crippen molar-refractivity contribution < 1.29 is 4.79 Å². The monoisotopic (exact) mass is 282 g/mol. The highest BCUT2D eigenvalue weighted by atomic mass is 16.2. The summed E-state index contributed by atoms with van der Waals surface area (Å²) >= 11 is 0. The fraction of sp³-hybridized carbons (Fsp3) is 0.143. The molecule has 0 radical (unpaired) electrons. The summed E-state index contributed by atoms with van der Waals surface area (Å²) in [5.41, 5.74) is 0.944. The van der Waals surface area contributed by atoms with E-state index in [1.807, 2.05) is 48.1 Å². The van der Waals surface area contributed by atoms with Crippen LogP contribution in [0.3, 0.4) is 0 Å². The standard InChI is InChI=1S/C14H14N6O/c1-20-8-7-15-13(20)11(10-5-3-2-4-6-10)18-14(21)12-16-9-17-19-12/h2-9,11H,1H3,(H,18,21)(H,16,17,19). The summed E-state index contributed by atoms with van der Waals surface area (Å²) in [6.07, 6.45) is 4.84. The van der Waals surface area contributed by atoms with Crippen LogP contribution in [0.4, 0.5) is 0 Å². The molecule has 0 bridgehead atoms. The number of hydrogen-bond acceptors (Lipinski definition) is 4. The molecule has 2 aromatic heterocycles. The number of nitrogens with zero attached hydrogens (tertiary/aromatic N) is 4. The van der Waals surface area contributed by atoms with Gasteiger partial charge in [-0.05, 0) is 5.56 Å². The summed E-state index contributed by atoms with van der Waals surface area (Å²) in [6, 6.07) is 9.30. The molecule has 2 N–H and O–H groups in total. The number of nitrogens with one attached hydrogen (secondary N) is 2. The van der Waals surface area contributed by atoms with Gasteiger partial charge in [0.25, 0.3) is 5.91 Å². The Hall–Kier alpha value is -2.96. The Morgan fingerprint density at radius 3 is 2.71 bits per heavy atom. The summed E-state index contributed by atoms with van der Waals surface area (Å²) in [6.45, 7) is 0. The summed E-state index contributed by atoms with van der Waals surface area (Å²) in [7, 11) is 1.89. The maximum Gasteiger partial charge on any atom is 0.289 e. The molecule has 2 heterocycles. The SMILES string of the molecule is Cn1ccnc1C(NC(=O)c1ncn[nH]1)c1ccccc1. The van der Waals surface area contributed by atoms with Gasteiger partial charge in [0.05, 0.1) is 0 Å². The molecular formula is C14H14N6O. The summed E-state index contributed by atoms with van der Waals surface area (Å²) in [5, 5.41) is 9.16. The van der Waals surface area contributed by atoms with Crippen molar-refractivity contribution in [3.63, 3.8) is 0 Å². The number of aryl methyl sites for hydroxylation is 1. The highest BCUT2D eigenvalue weighted by molar-refractivity contribution is 5.90. The van der Waals surface area contributed by atoms with Crippen molar-refractivity contribution in [2.24, 2.45) is 7.05 Å². The van der Waals surface area contributed by atoms with Crippen LogP contribution in [-0.2, 0) is 7.05 Å². The van der Waals surface area contributed by atoms with Crippen LogP contribution in [0.1, 0.15) is 28.0 Å². The van der Waals surface area contributed by atoms with Crippen LogP contribution in [0, 0.1) is 0 Å². The number of rotatable bonds is 4. The Bertz CT molecular complexity index is 719. The van der Waals surface area contributed by atoms with Gasteiger partial charge in [-0.1, -0.05) is 30.3 Å². The molecule has 0 aliphatic rings. The minimum absolute atomic E-state index is 0.171. The lowest BCUT2D eigenvalue weighted by molar-refractivity contribution is 0.0931. The highest BCUT2D eigenvalue weighted by Crippen LogP contribution is 2.20. The molecule has 1 unspecified atom stereocenters. The molecule has 0 fully saturated rings. The number of H-pyrrole nitrogens is 1. The maximum atomic E-state index is 12.2. The molecule has 7 heteroatoms. The molecule has 21 heavy (non-hydrogen) atoms. The average Bonchev–Trinajstić information content (AvgIpc) is 3.17. The molecular weight excluding hydrogens is 268 g/mol. The van der Waals surface area contributed by atoms with Gasteiger partial charge in [0, 0.05) is 19.4 Å². The summed E-state index contributed by atoms with van der Waals surface area (Å²) in [5.74, 6) is 0.587. The third-order valence-corrected chi connectivity index (χ3v) is 3.16. The van der Waals surface area contributed by atoms with E-state index in [0.29, 0.717) is 0 Å². The minimum Gasteiger partial charge on any atom is -0.336 e. The largest absolute Gasteiger partial charge is 0.336 e. The van der Waals surface area contributed by atoms with Crippen molar-refractivity contribution in [1.82, 2.24) is 30.0 Å². The van der Waals surface area contributed by atoms with E-state index in [2.05, 4.69) is 25.5 Å². The van der Waals surface area contributed by atoms with Crippen LogP contribution >= 0.6 is 0 Å². The topological polar surface area (TPSA) is 88.5 Å². The number of hydrogen-bond donors (Lipinski definition) is 2. The quantitative estimate of drug-likeness (QED) is 0.749. The van der Waals surface area contributed by atoms with E-state index in [0.717, 1.165) is 11.4 Å². The van der Waals surface area contributed by atoms with Crippen molar-refractivity contribution in [3.05, 3.63) is 66.3 Å². The van der Waals surface area contributed by atoms with E-state index in [1.165, 1.54) is 6.33 Å². The Morgan fingerprint density at radius 1 is 1.29 bits per heavy atom. The molecule has 0 saturated heterocycles. The predicted octanol–water partition coefficient (Wildman–Crippen LogP) is 1.06. The fourth-order valence-corrected chi connectivity index (χ4v) is 2.11. The molecule has 7 nitrogen and oxygen atoms in total. The first-order valence-corrected chi connectivity index (χ1v) is 6.44. The Morgan fingerprint density at radius 2 is 2.10 bits per heavy atom. The molecule has 1 aromatic carbocycles. The molecule has 0 saturated carbocycles. The van der Waals surface area contributed by atoms with E-state index in [9.17, 15) is 4.79 Å². The first-order chi connectivity index (χ1) is 10.3. The minimum atomic E-state index is -0.358. The van der Waals surface area contributed by atoms with E-state index in [4.69, 9.17) is 0 Å². The van der Waals surface area contributed by atoms with Crippen molar-refractivity contribution in [2.75, 3.05) is 0 Å². The van der Waals surface area contributed by atoms with Crippen LogP contribution in [0.5, 0.6) is 0 Å². The third kappa shape index (κ3) is 2.66. The second kappa shape index (κ2) is 5.58. The van der Waals surface area contributed by atoms with E-state index < -0.39 is 0 Å². The van der Waals surface area contributed by atoms with Crippen LogP contribution in [0.15, 0.2) is 49.1 Å². The lowest BCUT2D eigenvalue weighted by Gasteiger charge is -2.18. The number of imidazole rings is 1. The van der Waals surface area contributed by atoms with Crippen LogP contribution < -0.4 is 5.32 Å². The van der Waals surface area contributed by atoms with Crippen LogP contribution in [0.25, 0.3) is 0 Å². The van der Waals surface area contributed by atoms with Gasteiger partial charge in [0.15, 0.2) is 0 Å². The van der Waals surface area contributed by atoms with Crippen molar-refractivity contribution in [1.29, 1.82) is 0 Å². The second-order valence-corrected chi connectivity index (χ2v) is 4.55. The number of aromatic amines is 1. The van der Waals surface area contributed by atoms with Gasteiger partial charge in [-0.25, -0.2) is 9.97 Å². The Labute approximate surface area is 121 Å². The summed E-state index contributed by atoms with van der Waals surface area (Å²) < 4.78 is 1.87. The molecule has 0 aliphatic heterocycles. The van der Waals surface area contributed by atoms with E-state index in [-0.39, 0.29) is 17.8 Å². The van der Waals surface area contributed by atoms with Crippen molar-refractivity contribution in [3.8, 4) is 0 Å². The number of benzene rings is 1. The number of carbonyl (C=O) groups is 1. The number of amides is 1. The zero-order chi connectivity index (χ0) is 14.7. The first kappa shape index (κ1) is 13.0. The lowest BCUT2D eigenvalue weighted by Crippen LogP contribution is -2.31. The second-order valence-electron chi connectivity index (χ2n) is 4.55. The van der Waals surface area contributed by atoms with Crippen LogP contribution in [-0.4, -0.2) is 30.6 Å². The van der Waals surface area contributed by atoms with Crippen LogP contribution in [0.2, 0.25) is 0 Å². The van der Waals surface area contributed by atoms with Crippen molar-refractivity contribution in [2.45, 2.75) is 6.04 Å². The fourth-order valence-electron chi connectivity index (χ4n) is 2.11. The highest BCUT2D eigenvalue weighted by Gasteiger charge is 2.22. The molecule has 106 valence electrons. The van der Waals surface area contributed by atoms with Gasteiger partial charge in [0.2, 0.25) is 5.82 Å². The number of carbonyl (C=O) groups excluding carboxylic acids is 1. The maximum absolute atomic E-state index is 12.2. The molecule has 1 atom stereocenters. The third-order valence-electron chi connectivity index (χ3n) is 3.16. The first-order valence-electron chi connectivity index (χ1n) is 6.44. The van der Waals surface area contributed by atoms with Gasteiger partial charge in [-0.2, -0.15) is 5.10 Å². The van der Waals surface area contributed by atoms with E-state index >= 15 is 0 Å². The molecule has 0 spiro atoms. The Kier molecular flexibility index (Phi) is 3.46.